The molecule has 0 saturated heterocycles. The minimum atomic E-state index is -0.845. The second-order valence-corrected chi connectivity index (χ2v) is 9.80. The van der Waals surface area contributed by atoms with Gasteiger partial charge in [-0.15, -0.1) is 0 Å². The van der Waals surface area contributed by atoms with Gasteiger partial charge in [-0.25, -0.2) is 9.37 Å². The average Bonchev–Trinajstić information content (AvgIpc) is 3.40. The van der Waals surface area contributed by atoms with E-state index in [4.69, 9.17) is 22.1 Å². The lowest BCUT2D eigenvalue weighted by Gasteiger charge is -2.34. The first kappa shape index (κ1) is 21.1. The average molecular weight is 449 g/mol. The van der Waals surface area contributed by atoms with Gasteiger partial charge < -0.3 is 15.8 Å². The fraction of sp³-hybridized carbons (Fsp3) is 0.381. The number of fused-ring (bicyclic) bond motifs is 1. The van der Waals surface area contributed by atoms with Crippen LogP contribution < -0.4 is 11.1 Å². The fourth-order valence-corrected chi connectivity index (χ4v) is 5.81. The van der Waals surface area contributed by atoms with E-state index >= 15 is 4.39 Å². The second kappa shape index (κ2) is 7.51. The van der Waals surface area contributed by atoms with Crippen LogP contribution >= 0.6 is 23.4 Å². The van der Waals surface area contributed by atoms with Crippen LogP contribution in [0.15, 0.2) is 35.5 Å². The van der Waals surface area contributed by atoms with Gasteiger partial charge in [-0.1, -0.05) is 23.4 Å². The number of anilines is 1. The molecule has 1 aromatic heterocycles. The number of amidine groups is 1. The lowest BCUT2D eigenvalue weighted by Crippen LogP contribution is -2.37. The van der Waals surface area contributed by atoms with E-state index in [1.165, 1.54) is 24.0 Å². The normalized spacial score (nSPS) is 27.2. The Balaban J connectivity index is 1.69. The number of hydrogen-bond acceptors (Lipinski definition) is 6. The van der Waals surface area contributed by atoms with Crippen LogP contribution in [-0.4, -0.2) is 34.5 Å². The molecule has 158 valence electrons. The summed E-state index contributed by atoms with van der Waals surface area (Å²) >= 11 is 7.33. The maximum absolute atomic E-state index is 15.3. The van der Waals surface area contributed by atoms with Crippen molar-refractivity contribution in [1.82, 2.24) is 4.98 Å². The number of amides is 1. The summed E-state index contributed by atoms with van der Waals surface area (Å²) in [6.07, 6.45) is 2.23. The van der Waals surface area contributed by atoms with Crippen LogP contribution in [0, 0.1) is 18.7 Å². The van der Waals surface area contributed by atoms with E-state index in [1.54, 1.807) is 32.2 Å². The van der Waals surface area contributed by atoms with Crippen molar-refractivity contribution in [3.63, 3.8) is 0 Å². The van der Waals surface area contributed by atoms with Gasteiger partial charge in [0.15, 0.2) is 5.17 Å². The monoisotopic (exact) mass is 448 g/mol. The molecule has 1 aliphatic heterocycles. The topological polar surface area (TPSA) is 89.6 Å². The van der Waals surface area contributed by atoms with Gasteiger partial charge in [-0.3, -0.25) is 9.79 Å². The lowest BCUT2D eigenvalue weighted by molar-refractivity contribution is 0.102. The van der Waals surface area contributed by atoms with Crippen molar-refractivity contribution >= 4 is 40.1 Å². The third-order valence-electron chi connectivity index (χ3n) is 5.76. The Morgan fingerprint density at radius 2 is 2.23 bits per heavy atom. The van der Waals surface area contributed by atoms with Crippen molar-refractivity contribution in [1.29, 1.82) is 0 Å². The highest BCUT2D eigenvalue weighted by atomic mass is 35.5. The number of methoxy groups -OCH3 is 1. The molecule has 3 atom stereocenters. The first-order valence-corrected chi connectivity index (χ1v) is 10.6. The van der Waals surface area contributed by atoms with Crippen molar-refractivity contribution in [3.05, 3.63) is 58.1 Å². The van der Waals surface area contributed by atoms with E-state index in [-0.39, 0.29) is 22.2 Å². The van der Waals surface area contributed by atoms with Gasteiger partial charge in [0.1, 0.15) is 11.5 Å². The molecule has 9 heteroatoms. The molecule has 6 nitrogen and oxygen atoms in total. The van der Waals surface area contributed by atoms with Gasteiger partial charge in [0.2, 0.25) is 0 Å². The number of aryl methyl sites for hydroxylation is 1. The highest BCUT2D eigenvalue weighted by molar-refractivity contribution is 8.15. The number of nitrogens with one attached hydrogen (secondary N) is 1. The summed E-state index contributed by atoms with van der Waals surface area (Å²) in [6.45, 7) is 4.08. The molecule has 0 spiro atoms. The van der Waals surface area contributed by atoms with Crippen LogP contribution in [0.3, 0.4) is 0 Å². The van der Waals surface area contributed by atoms with Crippen molar-refractivity contribution < 1.29 is 13.9 Å². The van der Waals surface area contributed by atoms with Crippen molar-refractivity contribution in [2.45, 2.75) is 30.6 Å². The zero-order valence-electron chi connectivity index (χ0n) is 16.8. The maximum atomic E-state index is 15.3. The Bertz CT molecular complexity index is 1050. The number of rotatable bonds is 5. The molecule has 1 saturated carbocycles. The number of carbonyl (C=O) groups excluding carboxylic acids is 1. The van der Waals surface area contributed by atoms with Gasteiger partial charge in [-0.05, 0) is 50.1 Å². The third-order valence-corrected chi connectivity index (χ3v) is 7.26. The van der Waals surface area contributed by atoms with E-state index in [2.05, 4.69) is 15.3 Å². The summed E-state index contributed by atoms with van der Waals surface area (Å²) in [7, 11) is 1.65. The predicted octanol–water partition coefficient (Wildman–Crippen LogP) is 4.12. The number of aromatic nitrogens is 1. The molecule has 1 aliphatic carbocycles. The number of nitrogens with two attached hydrogens (primary N) is 1. The maximum Gasteiger partial charge on any atom is 0.274 e. The number of aliphatic imine (C=N–C) groups is 1. The number of nitrogens with zero attached hydrogens (tertiary/aromatic N) is 2. The summed E-state index contributed by atoms with van der Waals surface area (Å²) in [5, 5.41) is 3.65. The number of ether oxygens (including phenoxy) is 1. The number of hydrogen-bond donors (Lipinski definition) is 2. The van der Waals surface area contributed by atoms with Gasteiger partial charge in [0.25, 0.3) is 5.91 Å². The Morgan fingerprint density at radius 1 is 1.47 bits per heavy atom. The van der Waals surface area contributed by atoms with Gasteiger partial charge in [0.05, 0.1) is 21.9 Å². The summed E-state index contributed by atoms with van der Waals surface area (Å²) < 4.78 is 20.5. The number of pyridine rings is 1. The summed E-state index contributed by atoms with van der Waals surface area (Å²) in [5.74, 6) is -0.669. The van der Waals surface area contributed by atoms with Crippen molar-refractivity contribution in [2.75, 3.05) is 19.0 Å². The largest absolute Gasteiger partial charge is 0.383 e. The Hall–Kier alpha value is -2.16. The first-order chi connectivity index (χ1) is 14.2. The molecule has 1 fully saturated rings. The highest BCUT2D eigenvalue weighted by Crippen LogP contribution is 2.66. The zero-order chi connectivity index (χ0) is 21.7. The molecular weight excluding hydrogens is 427 g/mol. The van der Waals surface area contributed by atoms with Crippen LogP contribution in [-0.2, 0) is 10.3 Å². The van der Waals surface area contributed by atoms with E-state index in [0.29, 0.717) is 33.6 Å². The van der Waals surface area contributed by atoms with Gasteiger partial charge in [-0.2, -0.15) is 0 Å². The molecule has 3 N–H and O–H groups in total. The van der Waals surface area contributed by atoms with Crippen molar-refractivity contribution in [3.8, 4) is 0 Å². The number of carbonyl (C=O) groups is 1. The molecule has 1 amide bonds. The molecule has 2 aliphatic rings. The van der Waals surface area contributed by atoms with Crippen LogP contribution in [0.5, 0.6) is 0 Å². The zero-order valence-corrected chi connectivity index (χ0v) is 18.4. The lowest BCUT2D eigenvalue weighted by atomic mass is 9.84. The fourth-order valence-electron chi connectivity index (χ4n) is 4.24. The molecule has 2 heterocycles. The quantitative estimate of drug-likeness (QED) is 0.718. The molecular formula is C21H22ClFN4O2S. The molecule has 30 heavy (non-hydrogen) atoms. The minimum Gasteiger partial charge on any atom is -0.383 e. The number of halogens is 2. The van der Waals surface area contributed by atoms with E-state index < -0.39 is 11.4 Å². The van der Waals surface area contributed by atoms with Gasteiger partial charge in [0, 0.05) is 30.5 Å². The van der Waals surface area contributed by atoms with E-state index in [9.17, 15) is 4.79 Å². The standard InChI is InChI=1S/C21H22ClFN4O2S/c1-11-6-13(26-18(28)15-5-4-12(22)9-25-15)7-14(17(11)23)20(2)16-8-21(16,10-29-3)30-19(24)27-20/h4-7,9,16H,8,10H2,1-3H3,(H2,24,27)(H,26,28)/t16-,20+,21+/m0/s1. The molecule has 0 radical (unpaired) electrons. The number of thioether (sulfide) groups is 1. The third kappa shape index (κ3) is 3.57. The molecule has 2 aromatic rings. The Morgan fingerprint density at radius 3 is 2.90 bits per heavy atom. The van der Waals surface area contributed by atoms with Crippen molar-refractivity contribution in [2.24, 2.45) is 16.6 Å². The van der Waals surface area contributed by atoms with Crippen LogP contribution in [0.25, 0.3) is 0 Å². The SMILES string of the molecule is COC[C@]12C[C@H]1[C@@](C)(c1cc(NC(=O)c3ccc(Cl)cn3)cc(C)c1F)N=C(N)S2. The summed E-state index contributed by atoms with van der Waals surface area (Å²) in [6, 6.07) is 6.35. The smallest absolute Gasteiger partial charge is 0.274 e. The second-order valence-electron chi connectivity index (χ2n) is 7.92. The Kier molecular flexibility index (Phi) is 5.28. The number of benzene rings is 1. The molecule has 1 aromatic carbocycles. The van der Waals surface area contributed by atoms with Gasteiger partial charge >= 0.3 is 0 Å². The van der Waals surface area contributed by atoms with E-state index in [0.717, 1.165) is 6.42 Å². The van der Waals surface area contributed by atoms with E-state index in [1.807, 2.05) is 6.92 Å². The summed E-state index contributed by atoms with van der Waals surface area (Å²) in [5.41, 5.74) is 6.79. The first-order valence-electron chi connectivity index (χ1n) is 9.45. The predicted molar refractivity (Wildman–Crippen MR) is 118 cm³/mol. The van der Waals surface area contributed by atoms with Crippen LogP contribution in [0.2, 0.25) is 5.02 Å². The summed E-state index contributed by atoms with van der Waals surface area (Å²) in [4.78, 5) is 21.2. The Labute approximate surface area is 183 Å². The minimum absolute atomic E-state index is 0.0834. The molecule has 0 bridgehead atoms. The van der Waals surface area contributed by atoms with Crippen LogP contribution in [0.1, 0.15) is 35.0 Å². The van der Waals surface area contributed by atoms with Crippen LogP contribution in [0.4, 0.5) is 10.1 Å². The molecule has 0 unspecified atom stereocenters. The highest BCUT2D eigenvalue weighted by Gasteiger charge is 2.66. The molecule has 4 rings (SSSR count).